The van der Waals surface area contributed by atoms with E-state index in [1.807, 2.05) is 0 Å². The van der Waals surface area contributed by atoms with E-state index in [2.05, 4.69) is 15.4 Å². The van der Waals surface area contributed by atoms with Gasteiger partial charge in [0.15, 0.2) is 20.7 Å². The van der Waals surface area contributed by atoms with Crippen molar-refractivity contribution < 1.29 is 17.9 Å². The predicted molar refractivity (Wildman–Crippen MR) is 93.0 cm³/mol. The second-order valence-corrected chi connectivity index (χ2v) is 8.71. The highest BCUT2D eigenvalue weighted by molar-refractivity contribution is 7.90. The molecule has 25 heavy (non-hydrogen) atoms. The van der Waals surface area contributed by atoms with Gasteiger partial charge < -0.3 is 4.74 Å². The van der Waals surface area contributed by atoms with Gasteiger partial charge in [-0.15, -0.1) is 0 Å². The number of rotatable bonds is 3. The molecule has 0 saturated carbocycles. The number of hydrogen-bond acceptors (Lipinski definition) is 7. The minimum absolute atomic E-state index is 0.223. The third-order valence-corrected chi connectivity index (χ3v) is 5.79. The number of thiazole rings is 1. The molecule has 0 saturated heterocycles. The Morgan fingerprint density at radius 1 is 1.36 bits per heavy atom. The van der Waals surface area contributed by atoms with E-state index in [-0.39, 0.29) is 16.5 Å². The molecule has 10 heteroatoms. The molecule has 1 amide bonds. The molecule has 130 valence electrons. The molecule has 2 aromatic heterocycles. The van der Waals surface area contributed by atoms with E-state index in [9.17, 15) is 13.2 Å². The van der Waals surface area contributed by atoms with E-state index in [1.54, 1.807) is 22.9 Å². The first-order valence-electron chi connectivity index (χ1n) is 7.53. The summed E-state index contributed by atoms with van der Waals surface area (Å²) in [6, 6.07) is 6.29. The highest BCUT2D eigenvalue weighted by atomic mass is 32.2. The quantitative estimate of drug-likeness (QED) is 0.747. The molecule has 1 aliphatic heterocycles. The number of anilines is 1. The van der Waals surface area contributed by atoms with Crippen LogP contribution in [0.4, 0.5) is 5.13 Å². The summed E-state index contributed by atoms with van der Waals surface area (Å²) in [6.07, 6.45) is 2.01. The Bertz CT molecular complexity index is 1060. The number of benzene rings is 1. The molecule has 0 spiro atoms. The van der Waals surface area contributed by atoms with Gasteiger partial charge in [-0.1, -0.05) is 11.3 Å². The van der Waals surface area contributed by atoms with Gasteiger partial charge in [-0.3, -0.25) is 10.1 Å². The lowest BCUT2D eigenvalue weighted by Crippen LogP contribution is -2.16. The van der Waals surface area contributed by atoms with Gasteiger partial charge in [0.25, 0.3) is 5.91 Å². The van der Waals surface area contributed by atoms with Crippen LogP contribution in [-0.2, 0) is 16.4 Å². The maximum absolute atomic E-state index is 12.4. The third kappa shape index (κ3) is 3.10. The minimum Gasteiger partial charge on any atom is -0.478 e. The standard InChI is InChI=1S/C15H14N4O4S2/c1-25(21,22)9-3-4-10-12(7-9)24-15(16-10)17-14(20)11-8-13-19(18-11)5-2-6-23-13/h3-4,7-8H,2,5-6H2,1H3,(H,16,17,20). The van der Waals surface area contributed by atoms with E-state index in [1.165, 1.54) is 17.4 Å². The fraction of sp³-hybridized carbons (Fsp3) is 0.267. The van der Waals surface area contributed by atoms with Gasteiger partial charge in [-0.2, -0.15) is 5.10 Å². The second kappa shape index (κ2) is 5.81. The number of aryl methyl sites for hydroxylation is 1. The highest BCUT2D eigenvalue weighted by Gasteiger charge is 2.19. The van der Waals surface area contributed by atoms with Crippen molar-refractivity contribution >= 4 is 42.4 Å². The van der Waals surface area contributed by atoms with E-state index < -0.39 is 9.84 Å². The van der Waals surface area contributed by atoms with Gasteiger partial charge in [-0.25, -0.2) is 18.1 Å². The summed E-state index contributed by atoms with van der Waals surface area (Å²) in [6.45, 7) is 1.34. The number of fused-ring (bicyclic) bond motifs is 2. The number of amides is 1. The lowest BCUT2D eigenvalue weighted by molar-refractivity contribution is 0.102. The maximum atomic E-state index is 12.4. The van der Waals surface area contributed by atoms with Gasteiger partial charge in [0.2, 0.25) is 5.88 Å². The monoisotopic (exact) mass is 378 g/mol. The van der Waals surface area contributed by atoms with Crippen LogP contribution in [0.5, 0.6) is 5.88 Å². The molecular formula is C15H14N4O4S2. The SMILES string of the molecule is CS(=O)(=O)c1ccc2nc(NC(=O)c3cc4n(n3)CCCO4)sc2c1. The van der Waals surface area contributed by atoms with Crippen molar-refractivity contribution in [1.29, 1.82) is 0 Å². The van der Waals surface area contributed by atoms with Crippen LogP contribution in [0.3, 0.4) is 0 Å². The molecule has 0 aliphatic carbocycles. The van der Waals surface area contributed by atoms with Gasteiger partial charge in [0.1, 0.15) is 0 Å². The lowest BCUT2D eigenvalue weighted by Gasteiger charge is -2.13. The predicted octanol–water partition coefficient (Wildman–Crippen LogP) is 1.93. The first-order valence-corrected chi connectivity index (χ1v) is 10.2. The molecule has 0 radical (unpaired) electrons. The van der Waals surface area contributed by atoms with Crippen LogP contribution >= 0.6 is 11.3 Å². The molecule has 3 aromatic rings. The fourth-order valence-corrected chi connectivity index (χ4v) is 4.15. The largest absolute Gasteiger partial charge is 0.478 e. The molecule has 0 bridgehead atoms. The van der Waals surface area contributed by atoms with Crippen LogP contribution in [0.25, 0.3) is 10.2 Å². The first kappa shape index (κ1) is 16.0. The number of nitrogens with zero attached hydrogens (tertiary/aromatic N) is 3. The molecule has 4 rings (SSSR count). The van der Waals surface area contributed by atoms with Gasteiger partial charge in [-0.05, 0) is 18.2 Å². The summed E-state index contributed by atoms with van der Waals surface area (Å²) in [7, 11) is -3.29. The Labute approximate surface area is 147 Å². The zero-order valence-electron chi connectivity index (χ0n) is 13.2. The summed E-state index contributed by atoms with van der Waals surface area (Å²) in [5.41, 5.74) is 0.883. The van der Waals surface area contributed by atoms with Crippen LogP contribution in [0.1, 0.15) is 16.9 Å². The average Bonchev–Trinajstić information content (AvgIpc) is 3.16. The van der Waals surface area contributed by atoms with Crippen LogP contribution in [0, 0.1) is 0 Å². The summed E-state index contributed by atoms with van der Waals surface area (Å²) in [5.74, 6) is 0.200. The summed E-state index contributed by atoms with van der Waals surface area (Å²) in [4.78, 5) is 16.9. The average molecular weight is 378 g/mol. The Morgan fingerprint density at radius 2 is 2.20 bits per heavy atom. The summed E-state index contributed by atoms with van der Waals surface area (Å²) < 4.78 is 31.1. The molecule has 0 atom stereocenters. The fourth-order valence-electron chi connectivity index (χ4n) is 2.53. The van der Waals surface area contributed by atoms with E-state index in [0.29, 0.717) is 27.8 Å². The summed E-state index contributed by atoms with van der Waals surface area (Å²) >= 11 is 1.21. The van der Waals surface area contributed by atoms with Gasteiger partial charge in [0, 0.05) is 25.3 Å². The molecule has 1 aliphatic rings. The zero-order valence-corrected chi connectivity index (χ0v) is 14.9. The first-order chi connectivity index (χ1) is 11.9. The number of sulfone groups is 1. The molecule has 1 N–H and O–H groups in total. The van der Waals surface area contributed by atoms with Crippen LogP contribution in [0.2, 0.25) is 0 Å². The molecule has 8 nitrogen and oxygen atoms in total. The maximum Gasteiger partial charge on any atom is 0.278 e. The number of aromatic nitrogens is 3. The van der Waals surface area contributed by atoms with Crippen molar-refractivity contribution in [3.8, 4) is 5.88 Å². The molecule has 1 aromatic carbocycles. The molecule has 0 unspecified atom stereocenters. The number of nitrogens with one attached hydrogen (secondary N) is 1. The molecule has 0 fully saturated rings. The van der Waals surface area contributed by atoms with E-state index >= 15 is 0 Å². The van der Waals surface area contributed by atoms with Crippen LogP contribution in [0.15, 0.2) is 29.2 Å². The Hall–Kier alpha value is -2.46. The van der Waals surface area contributed by atoms with Crippen molar-refractivity contribution in [3.05, 3.63) is 30.0 Å². The lowest BCUT2D eigenvalue weighted by atomic mass is 10.3. The minimum atomic E-state index is -3.29. The number of ether oxygens (including phenoxy) is 1. The Morgan fingerprint density at radius 3 is 2.96 bits per heavy atom. The topological polar surface area (TPSA) is 103 Å². The van der Waals surface area contributed by atoms with E-state index in [4.69, 9.17) is 4.74 Å². The molecule has 3 heterocycles. The van der Waals surface area contributed by atoms with Crippen molar-refractivity contribution in [3.63, 3.8) is 0 Å². The van der Waals surface area contributed by atoms with Crippen LogP contribution < -0.4 is 10.1 Å². The highest BCUT2D eigenvalue weighted by Crippen LogP contribution is 2.28. The normalized spacial score (nSPS) is 14.1. The number of carbonyl (C=O) groups is 1. The summed E-state index contributed by atoms with van der Waals surface area (Å²) in [5, 5.41) is 7.31. The number of hydrogen-bond donors (Lipinski definition) is 1. The van der Waals surface area contributed by atoms with Crippen LogP contribution in [-0.4, -0.2) is 42.0 Å². The zero-order chi connectivity index (χ0) is 17.6. The number of carbonyl (C=O) groups excluding carboxylic acids is 1. The Kier molecular flexibility index (Phi) is 3.73. The second-order valence-electron chi connectivity index (χ2n) is 5.67. The van der Waals surface area contributed by atoms with Crippen molar-refractivity contribution in [2.75, 3.05) is 18.2 Å². The van der Waals surface area contributed by atoms with Crippen molar-refractivity contribution in [1.82, 2.24) is 14.8 Å². The van der Waals surface area contributed by atoms with Gasteiger partial charge in [0.05, 0.1) is 21.7 Å². The van der Waals surface area contributed by atoms with Crippen molar-refractivity contribution in [2.45, 2.75) is 17.9 Å². The molecular weight excluding hydrogens is 364 g/mol. The third-order valence-electron chi connectivity index (χ3n) is 3.75. The van der Waals surface area contributed by atoms with Gasteiger partial charge >= 0.3 is 0 Å². The van der Waals surface area contributed by atoms with Crippen molar-refractivity contribution in [2.24, 2.45) is 0 Å². The van der Waals surface area contributed by atoms with E-state index in [0.717, 1.165) is 19.2 Å². The Balaban J connectivity index is 1.59. The smallest absolute Gasteiger partial charge is 0.278 e.